The normalized spacial score (nSPS) is 11.3. The Labute approximate surface area is 150 Å². The molecule has 4 nitrogen and oxygen atoms in total. The second kappa shape index (κ2) is 5.77. The predicted molar refractivity (Wildman–Crippen MR) is 105 cm³/mol. The molecule has 1 N–H and O–H groups in total. The second-order valence-electron chi connectivity index (χ2n) is 6.29. The minimum absolute atomic E-state index is 0.766. The number of aryl methyl sites for hydroxylation is 1. The maximum atomic E-state index is 5.03. The van der Waals surface area contributed by atoms with Crippen LogP contribution in [0.1, 0.15) is 5.82 Å². The first kappa shape index (κ1) is 14.8. The van der Waals surface area contributed by atoms with Crippen LogP contribution in [0.2, 0.25) is 0 Å². The molecule has 0 bridgehead atoms. The first-order valence-corrected chi connectivity index (χ1v) is 8.57. The van der Waals surface area contributed by atoms with Crippen molar-refractivity contribution in [2.24, 2.45) is 0 Å². The quantitative estimate of drug-likeness (QED) is 0.485. The van der Waals surface area contributed by atoms with Crippen LogP contribution >= 0.6 is 0 Å². The molecule has 0 atom stereocenters. The molecule has 0 spiro atoms. The number of imidazole rings is 1. The van der Waals surface area contributed by atoms with E-state index in [-0.39, 0.29) is 0 Å². The molecular formula is C22H16N4. The number of nitrogens with zero attached hydrogens (tertiary/aromatic N) is 3. The predicted octanol–water partition coefficient (Wildman–Crippen LogP) is 5.15. The Balaban J connectivity index is 1.89. The Hall–Kier alpha value is -3.53. The zero-order valence-corrected chi connectivity index (χ0v) is 14.3. The summed E-state index contributed by atoms with van der Waals surface area (Å²) in [5.74, 6) is 0.766. The Bertz CT molecular complexity index is 1220. The van der Waals surface area contributed by atoms with Crippen molar-refractivity contribution >= 4 is 22.1 Å². The first-order chi connectivity index (χ1) is 12.8. The molecule has 0 unspecified atom stereocenters. The number of nitrogens with one attached hydrogen (secondary N) is 1. The molecule has 0 saturated carbocycles. The largest absolute Gasteiger partial charge is 0.351 e. The molecule has 3 aromatic carbocycles. The molecule has 4 heteroatoms. The average molecular weight is 336 g/mol. The van der Waals surface area contributed by atoms with Gasteiger partial charge in [-0.05, 0) is 19.1 Å². The van der Waals surface area contributed by atoms with Crippen molar-refractivity contribution in [3.63, 3.8) is 0 Å². The van der Waals surface area contributed by atoms with Gasteiger partial charge in [0, 0.05) is 11.1 Å². The van der Waals surface area contributed by atoms with Crippen molar-refractivity contribution in [1.82, 2.24) is 19.9 Å². The van der Waals surface area contributed by atoms with Crippen LogP contribution in [0.4, 0.5) is 0 Å². The second-order valence-corrected chi connectivity index (χ2v) is 6.29. The number of H-pyrrole nitrogens is 1. The van der Waals surface area contributed by atoms with Crippen LogP contribution in [-0.4, -0.2) is 19.9 Å². The van der Waals surface area contributed by atoms with E-state index in [1.54, 1.807) is 0 Å². The summed E-state index contributed by atoms with van der Waals surface area (Å²) in [6.07, 6.45) is 0. The van der Waals surface area contributed by atoms with E-state index in [4.69, 9.17) is 4.98 Å². The van der Waals surface area contributed by atoms with Gasteiger partial charge in [-0.25, -0.2) is 15.0 Å². The van der Waals surface area contributed by atoms with E-state index in [2.05, 4.69) is 39.2 Å². The van der Waals surface area contributed by atoms with E-state index in [9.17, 15) is 0 Å². The third kappa shape index (κ3) is 2.35. The van der Waals surface area contributed by atoms with Gasteiger partial charge in [-0.1, -0.05) is 60.7 Å². The van der Waals surface area contributed by atoms with Crippen molar-refractivity contribution in [3.8, 4) is 22.5 Å². The molecular weight excluding hydrogens is 320 g/mol. The summed E-state index contributed by atoms with van der Waals surface area (Å²) >= 11 is 0. The number of aromatic amines is 1. The fourth-order valence-electron chi connectivity index (χ4n) is 3.32. The molecule has 2 aromatic heterocycles. The zero-order valence-electron chi connectivity index (χ0n) is 14.3. The Kier molecular flexibility index (Phi) is 3.28. The Morgan fingerprint density at radius 3 is 2.08 bits per heavy atom. The first-order valence-electron chi connectivity index (χ1n) is 8.57. The number of aromatic nitrogens is 4. The standard InChI is InChI=1S/C22H16N4/c1-14-23-17-12-13-18-22(21(17)24-14)26-20(16-10-6-3-7-11-16)19(25-18)15-8-4-2-5-9-15/h2-13,25H,1H3. The van der Waals surface area contributed by atoms with Gasteiger partial charge in [0.2, 0.25) is 0 Å². The van der Waals surface area contributed by atoms with Gasteiger partial charge in [-0.3, -0.25) is 0 Å². The van der Waals surface area contributed by atoms with Crippen LogP contribution in [0.25, 0.3) is 44.6 Å². The van der Waals surface area contributed by atoms with Crippen LogP contribution in [0.3, 0.4) is 0 Å². The monoisotopic (exact) mass is 336 g/mol. The molecule has 0 amide bonds. The third-order valence-corrected chi connectivity index (χ3v) is 4.52. The highest BCUT2D eigenvalue weighted by molar-refractivity contribution is 6.02. The van der Waals surface area contributed by atoms with E-state index >= 15 is 0 Å². The molecule has 0 aliphatic heterocycles. The van der Waals surface area contributed by atoms with E-state index in [0.717, 1.165) is 50.4 Å². The molecule has 26 heavy (non-hydrogen) atoms. The lowest BCUT2D eigenvalue weighted by molar-refractivity contribution is 1.17. The lowest BCUT2D eigenvalue weighted by Gasteiger charge is -2.12. The molecule has 0 fully saturated rings. The summed E-state index contributed by atoms with van der Waals surface area (Å²) in [6.45, 7) is 1.91. The lowest BCUT2D eigenvalue weighted by Crippen LogP contribution is -1.96. The number of hydrogen-bond acceptors (Lipinski definition) is 3. The van der Waals surface area contributed by atoms with Crippen LogP contribution in [-0.2, 0) is 0 Å². The number of benzene rings is 3. The summed E-state index contributed by atoms with van der Waals surface area (Å²) in [6, 6.07) is 24.5. The fraction of sp³-hybridized carbons (Fsp3) is 0.0455. The van der Waals surface area contributed by atoms with Crippen LogP contribution in [0.5, 0.6) is 0 Å². The van der Waals surface area contributed by atoms with Gasteiger partial charge in [0.25, 0.3) is 0 Å². The summed E-state index contributed by atoms with van der Waals surface area (Å²) in [7, 11) is 0. The zero-order chi connectivity index (χ0) is 17.5. The molecule has 124 valence electrons. The van der Waals surface area contributed by atoms with Gasteiger partial charge in [0.05, 0.1) is 22.4 Å². The van der Waals surface area contributed by atoms with E-state index in [1.165, 1.54) is 0 Å². The SMILES string of the molecule is Cc1nc2ccc3[nH]c(-c4ccccc4)c(-c4ccccc4)nc3c2n1. The average Bonchev–Trinajstić information content (AvgIpc) is 3.09. The molecule has 2 heterocycles. The van der Waals surface area contributed by atoms with Crippen molar-refractivity contribution in [2.75, 3.05) is 0 Å². The van der Waals surface area contributed by atoms with Crippen molar-refractivity contribution in [1.29, 1.82) is 0 Å². The van der Waals surface area contributed by atoms with Crippen molar-refractivity contribution in [2.45, 2.75) is 6.92 Å². The van der Waals surface area contributed by atoms with Gasteiger partial charge in [-0.2, -0.15) is 0 Å². The van der Waals surface area contributed by atoms with Crippen LogP contribution < -0.4 is 0 Å². The summed E-state index contributed by atoms with van der Waals surface area (Å²) in [4.78, 5) is 17.7. The van der Waals surface area contributed by atoms with Crippen LogP contribution in [0.15, 0.2) is 72.8 Å². The molecule has 0 aliphatic rings. The fourth-order valence-corrected chi connectivity index (χ4v) is 3.32. The minimum Gasteiger partial charge on any atom is -0.351 e. The van der Waals surface area contributed by atoms with Gasteiger partial charge in [0.1, 0.15) is 16.9 Å². The summed E-state index contributed by atoms with van der Waals surface area (Å²) in [5, 5.41) is 0. The number of rotatable bonds is 2. The van der Waals surface area contributed by atoms with Gasteiger partial charge >= 0.3 is 0 Å². The molecule has 0 saturated heterocycles. The van der Waals surface area contributed by atoms with Gasteiger partial charge < -0.3 is 4.98 Å². The van der Waals surface area contributed by atoms with Crippen LogP contribution in [0, 0.1) is 6.92 Å². The highest BCUT2D eigenvalue weighted by atomic mass is 14.9. The number of fused-ring (bicyclic) bond motifs is 3. The van der Waals surface area contributed by atoms with Gasteiger partial charge in [-0.15, -0.1) is 0 Å². The highest BCUT2D eigenvalue weighted by Crippen LogP contribution is 2.32. The molecule has 5 rings (SSSR count). The topological polar surface area (TPSA) is 54.5 Å². The van der Waals surface area contributed by atoms with Crippen molar-refractivity contribution in [3.05, 3.63) is 78.6 Å². The summed E-state index contributed by atoms with van der Waals surface area (Å²) in [5.41, 5.74) is 7.61. The smallest absolute Gasteiger partial charge is 0.126 e. The maximum Gasteiger partial charge on any atom is 0.126 e. The molecule has 5 aromatic rings. The van der Waals surface area contributed by atoms with E-state index < -0.39 is 0 Å². The van der Waals surface area contributed by atoms with E-state index in [0.29, 0.717) is 0 Å². The molecule has 0 radical (unpaired) electrons. The Morgan fingerprint density at radius 2 is 1.35 bits per heavy atom. The van der Waals surface area contributed by atoms with Gasteiger partial charge in [0.15, 0.2) is 0 Å². The minimum atomic E-state index is 0.766. The lowest BCUT2D eigenvalue weighted by atomic mass is 10.0. The van der Waals surface area contributed by atoms with Crippen molar-refractivity contribution < 1.29 is 0 Å². The summed E-state index contributed by atoms with van der Waals surface area (Å²) < 4.78 is 0. The van der Waals surface area contributed by atoms with E-state index in [1.807, 2.05) is 55.5 Å². The Morgan fingerprint density at radius 1 is 0.654 bits per heavy atom. The highest BCUT2D eigenvalue weighted by Gasteiger charge is 2.14. The number of hydrogen-bond donors (Lipinski definition) is 1. The third-order valence-electron chi connectivity index (χ3n) is 4.52. The molecule has 0 aliphatic carbocycles. The maximum absolute atomic E-state index is 5.03.